The van der Waals surface area contributed by atoms with Gasteiger partial charge in [0.1, 0.15) is 0 Å². The van der Waals surface area contributed by atoms with E-state index < -0.39 is 6.10 Å². The molecule has 1 rings (SSSR count). The van der Waals surface area contributed by atoms with Crippen LogP contribution in [0.4, 0.5) is 0 Å². The molecule has 1 aromatic carbocycles. The largest absolute Gasteiger partial charge is 0.389 e. The Morgan fingerprint density at radius 3 is 2.44 bits per heavy atom. The topological polar surface area (TPSA) is 32.7 Å². The Labute approximate surface area is 110 Å². The third kappa shape index (κ3) is 5.17. The Kier molecular flexibility index (Phi) is 6.33. The van der Waals surface area contributed by atoms with Crippen LogP contribution in [0.5, 0.6) is 0 Å². The maximum Gasteiger partial charge on any atom is 0.0900 e. The molecule has 1 aromatic rings. The number of hydrogen-bond acceptors (Lipinski definition) is 3. The molecule has 102 valence electrons. The number of benzene rings is 1. The third-order valence-electron chi connectivity index (χ3n) is 3.26. The van der Waals surface area contributed by atoms with Gasteiger partial charge in [0.15, 0.2) is 0 Å². The van der Waals surface area contributed by atoms with E-state index in [4.69, 9.17) is 4.74 Å². The van der Waals surface area contributed by atoms with E-state index in [1.165, 1.54) is 11.1 Å². The van der Waals surface area contributed by atoms with Crippen LogP contribution in [0.25, 0.3) is 0 Å². The number of aliphatic hydroxyl groups excluding tert-OH is 1. The number of aryl methyl sites for hydroxylation is 1. The van der Waals surface area contributed by atoms with Crippen molar-refractivity contribution in [2.75, 3.05) is 27.3 Å². The quantitative estimate of drug-likeness (QED) is 0.803. The van der Waals surface area contributed by atoms with E-state index in [1.807, 2.05) is 7.05 Å². The fraction of sp³-hybridized carbons (Fsp3) is 0.600. The van der Waals surface area contributed by atoms with Gasteiger partial charge in [0.25, 0.3) is 0 Å². The minimum Gasteiger partial charge on any atom is -0.389 e. The number of rotatable bonds is 7. The molecule has 0 spiro atoms. The van der Waals surface area contributed by atoms with Crippen LogP contribution in [0, 0.1) is 6.92 Å². The molecule has 2 atom stereocenters. The fourth-order valence-electron chi connectivity index (χ4n) is 1.98. The van der Waals surface area contributed by atoms with Crippen molar-refractivity contribution in [1.82, 2.24) is 4.90 Å². The van der Waals surface area contributed by atoms with Crippen molar-refractivity contribution < 1.29 is 9.84 Å². The number of methoxy groups -OCH3 is 1. The highest BCUT2D eigenvalue weighted by Crippen LogP contribution is 2.09. The molecule has 0 aliphatic carbocycles. The summed E-state index contributed by atoms with van der Waals surface area (Å²) in [4.78, 5) is 2.17. The highest BCUT2D eigenvalue weighted by Gasteiger charge is 2.14. The fourth-order valence-corrected chi connectivity index (χ4v) is 1.98. The summed E-state index contributed by atoms with van der Waals surface area (Å²) in [5, 5.41) is 9.70. The summed E-state index contributed by atoms with van der Waals surface area (Å²) in [5.41, 5.74) is 2.62. The highest BCUT2D eigenvalue weighted by molar-refractivity contribution is 5.21. The van der Waals surface area contributed by atoms with Gasteiger partial charge in [-0.3, -0.25) is 0 Å². The number of likely N-dealkylation sites (N-methyl/N-ethyl adjacent to an activating group) is 1. The van der Waals surface area contributed by atoms with E-state index in [0.29, 0.717) is 19.2 Å². The zero-order chi connectivity index (χ0) is 13.5. The first kappa shape index (κ1) is 15.2. The standard InChI is InChI=1S/C15H25NO2/c1-12-5-7-14(8-6-12)9-13(2)16(3)10-15(17)11-18-4/h5-8,13,15,17H,9-11H2,1-4H3/t13-,15-/m1/s1. The maximum absolute atomic E-state index is 9.70. The van der Waals surface area contributed by atoms with Crippen LogP contribution >= 0.6 is 0 Å². The van der Waals surface area contributed by atoms with Crippen LogP contribution in [-0.4, -0.2) is 49.5 Å². The molecule has 0 aliphatic heterocycles. The molecule has 0 fully saturated rings. The van der Waals surface area contributed by atoms with Crippen molar-refractivity contribution in [2.45, 2.75) is 32.4 Å². The number of ether oxygens (including phenoxy) is 1. The molecule has 3 heteroatoms. The molecule has 1 N–H and O–H groups in total. The Bertz CT molecular complexity index is 337. The normalized spacial score (nSPS) is 14.8. The summed E-state index contributed by atoms with van der Waals surface area (Å²) >= 11 is 0. The molecule has 0 radical (unpaired) electrons. The van der Waals surface area contributed by atoms with E-state index in [2.05, 4.69) is 43.0 Å². The summed E-state index contributed by atoms with van der Waals surface area (Å²) in [6.45, 7) is 5.31. The van der Waals surface area contributed by atoms with Gasteiger partial charge in [-0.25, -0.2) is 0 Å². The maximum atomic E-state index is 9.70. The molecule has 18 heavy (non-hydrogen) atoms. The van der Waals surface area contributed by atoms with Gasteiger partial charge in [-0.15, -0.1) is 0 Å². The third-order valence-corrected chi connectivity index (χ3v) is 3.26. The van der Waals surface area contributed by atoms with Crippen LogP contribution in [0.2, 0.25) is 0 Å². The zero-order valence-corrected chi connectivity index (χ0v) is 11.9. The first-order chi connectivity index (χ1) is 8.52. The average Bonchev–Trinajstić information content (AvgIpc) is 2.32. The Hall–Kier alpha value is -0.900. The second-order valence-electron chi connectivity index (χ2n) is 5.09. The van der Waals surface area contributed by atoms with Gasteiger partial charge in [0, 0.05) is 19.7 Å². The minimum atomic E-state index is -0.416. The van der Waals surface area contributed by atoms with Crippen molar-refractivity contribution in [3.63, 3.8) is 0 Å². The van der Waals surface area contributed by atoms with Gasteiger partial charge < -0.3 is 14.7 Å². The molecule has 0 unspecified atom stereocenters. The van der Waals surface area contributed by atoms with Gasteiger partial charge in [-0.1, -0.05) is 29.8 Å². The van der Waals surface area contributed by atoms with Crippen molar-refractivity contribution in [1.29, 1.82) is 0 Å². The minimum absolute atomic E-state index is 0.390. The van der Waals surface area contributed by atoms with E-state index in [9.17, 15) is 5.11 Å². The van der Waals surface area contributed by atoms with Crippen molar-refractivity contribution >= 4 is 0 Å². The number of hydrogen-bond donors (Lipinski definition) is 1. The first-order valence-corrected chi connectivity index (χ1v) is 6.45. The second-order valence-corrected chi connectivity index (χ2v) is 5.09. The summed E-state index contributed by atoms with van der Waals surface area (Å²) in [5.74, 6) is 0. The lowest BCUT2D eigenvalue weighted by molar-refractivity contribution is 0.0359. The first-order valence-electron chi connectivity index (χ1n) is 6.45. The molecule has 0 aromatic heterocycles. The molecular weight excluding hydrogens is 226 g/mol. The summed E-state index contributed by atoms with van der Waals surface area (Å²) in [7, 11) is 3.65. The van der Waals surface area contributed by atoms with E-state index >= 15 is 0 Å². The molecule has 3 nitrogen and oxygen atoms in total. The zero-order valence-electron chi connectivity index (χ0n) is 11.9. The smallest absolute Gasteiger partial charge is 0.0900 e. The molecule has 0 heterocycles. The molecule has 0 saturated heterocycles. The van der Waals surface area contributed by atoms with Crippen LogP contribution in [-0.2, 0) is 11.2 Å². The summed E-state index contributed by atoms with van der Waals surface area (Å²) in [6, 6.07) is 9.03. The molecular formula is C15H25NO2. The Morgan fingerprint density at radius 1 is 1.28 bits per heavy atom. The van der Waals surface area contributed by atoms with E-state index in [0.717, 1.165) is 6.42 Å². The average molecular weight is 251 g/mol. The van der Waals surface area contributed by atoms with E-state index in [1.54, 1.807) is 7.11 Å². The van der Waals surface area contributed by atoms with Gasteiger partial charge in [0.05, 0.1) is 12.7 Å². The van der Waals surface area contributed by atoms with Crippen LogP contribution in [0.15, 0.2) is 24.3 Å². The molecule has 0 saturated carbocycles. The molecule has 0 bridgehead atoms. The van der Waals surface area contributed by atoms with Gasteiger partial charge >= 0.3 is 0 Å². The van der Waals surface area contributed by atoms with Crippen molar-refractivity contribution in [2.24, 2.45) is 0 Å². The van der Waals surface area contributed by atoms with Crippen molar-refractivity contribution in [3.05, 3.63) is 35.4 Å². The Balaban J connectivity index is 2.44. The van der Waals surface area contributed by atoms with Crippen LogP contribution in [0.1, 0.15) is 18.1 Å². The molecule has 0 aliphatic rings. The van der Waals surface area contributed by atoms with E-state index in [-0.39, 0.29) is 0 Å². The van der Waals surface area contributed by atoms with Gasteiger partial charge in [-0.05, 0) is 32.9 Å². The SMILES string of the molecule is COC[C@H](O)CN(C)[C@H](C)Cc1ccc(C)cc1. The lowest BCUT2D eigenvalue weighted by atomic mass is 10.0. The van der Waals surface area contributed by atoms with Crippen LogP contribution in [0.3, 0.4) is 0 Å². The predicted octanol–water partition coefficient (Wildman–Crippen LogP) is 1.87. The molecule has 0 amide bonds. The number of aliphatic hydroxyl groups is 1. The monoisotopic (exact) mass is 251 g/mol. The Morgan fingerprint density at radius 2 is 1.89 bits per heavy atom. The highest BCUT2D eigenvalue weighted by atomic mass is 16.5. The lowest BCUT2D eigenvalue weighted by Crippen LogP contribution is -2.38. The lowest BCUT2D eigenvalue weighted by Gasteiger charge is -2.26. The number of nitrogens with zero attached hydrogens (tertiary/aromatic N) is 1. The van der Waals surface area contributed by atoms with Gasteiger partial charge in [-0.2, -0.15) is 0 Å². The van der Waals surface area contributed by atoms with Crippen LogP contribution < -0.4 is 0 Å². The van der Waals surface area contributed by atoms with Gasteiger partial charge in [0.2, 0.25) is 0 Å². The second kappa shape index (κ2) is 7.52. The summed E-state index contributed by atoms with van der Waals surface area (Å²) in [6.07, 6.45) is 0.580. The van der Waals surface area contributed by atoms with Crippen molar-refractivity contribution in [3.8, 4) is 0 Å². The summed E-state index contributed by atoms with van der Waals surface area (Å²) < 4.78 is 4.94. The predicted molar refractivity (Wildman–Crippen MR) is 74.9 cm³/mol.